The van der Waals surface area contributed by atoms with Crippen LogP contribution in [-0.4, -0.2) is 43.3 Å². The van der Waals surface area contributed by atoms with Crippen molar-refractivity contribution in [1.82, 2.24) is 4.98 Å². The predicted octanol–water partition coefficient (Wildman–Crippen LogP) is 6.43. The van der Waals surface area contributed by atoms with Crippen LogP contribution in [0.3, 0.4) is 0 Å². The molecule has 0 bridgehead atoms. The van der Waals surface area contributed by atoms with E-state index in [4.69, 9.17) is 15.5 Å². The van der Waals surface area contributed by atoms with Gasteiger partial charge in [0.25, 0.3) is 0 Å². The normalized spacial score (nSPS) is 18.5. The quantitative estimate of drug-likeness (QED) is 0.319. The summed E-state index contributed by atoms with van der Waals surface area (Å²) in [5.74, 6) is 1.32. The summed E-state index contributed by atoms with van der Waals surface area (Å²) < 4.78 is 5.59. The van der Waals surface area contributed by atoms with Gasteiger partial charge in [-0.05, 0) is 74.3 Å². The minimum absolute atomic E-state index is 0.147. The zero-order valence-corrected chi connectivity index (χ0v) is 22.9. The predicted molar refractivity (Wildman–Crippen MR) is 161 cm³/mol. The average Bonchev–Trinajstić information content (AvgIpc) is 3.28. The number of hydrogen-bond acceptors (Lipinski definition) is 6. The van der Waals surface area contributed by atoms with Crippen LogP contribution in [0, 0.1) is 12.8 Å². The van der Waals surface area contributed by atoms with Gasteiger partial charge < -0.3 is 15.4 Å². The molecular formula is C33H38N4O2. The number of anilines is 1. The van der Waals surface area contributed by atoms with Crippen molar-refractivity contribution in [3.63, 3.8) is 0 Å². The van der Waals surface area contributed by atoms with Crippen molar-refractivity contribution >= 4 is 40.8 Å². The number of morpholine rings is 1. The molecule has 2 heterocycles. The minimum atomic E-state index is 0.147. The molecule has 2 aromatic rings. The van der Waals surface area contributed by atoms with Crippen molar-refractivity contribution in [2.24, 2.45) is 16.6 Å². The SMILES string of the molecule is C=C1CCC(CCC(=O)C2=Cc3nc(N=C/C=C(\N)c4cccc(C)c4)cc(N4CCOCC4)c3C2=C)CC1. The molecule has 6 nitrogen and oxygen atoms in total. The van der Waals surface area contributed by atoms with E-state index >= 15 is 0 Å². The van der Waals surface area contributed by atoms with Crippen LogP contribution in [0.1, 0.15) is 60.9 Å². The second-order valence-corrected chi connectivity index (χ2v) is 10.8. The number of hydrogen-bond donors (Lipinski definition) is 1. The van der Waals surface area contributed by atoms with Gasteiger partial charge in [0.15, 0.2) is 11.6 Å². The first-order chi connectivity index (χ1) is 18.9. The number of fused-ring (bicyclic) bond motifs is 1. The number of ketones is 1. The molecule has 0 spiro atoms. The Balaban J connectivity index is 1.38. The van der Waals surface area contributed by atoms with Crippen LogP contribution < -0.4 is 10.6 Å². The van der Waals surface area contributed by atoms with Crippen molar-refractivity contribution in [3.8, 4) is 0 Å². The molecule has 1 saturated carbocycles. The lowest BCUT2D eigenvalue weighted by Crippen LogP contribution is -2.36. The Hall–Kier alpha value is -3.77. The number of aromatic nitrogens is 1. The highest BCUT2D eigenvalue weighted by molar-refractivity contribution is 6.18. The van der Waals surface area contributed by atoms with Crippen LogP contribution in [0.15, 0.2) is 65.7 Å². The summed E-state index contributed by atoms with van der Waals surface area (Å²) in [6, 6.07) is 10.0. The second-order valence-electron chi connectivity index (χ2n) is 10.8. The third kappa shape index (κ3) is 6.28. The lowest BCUT2D eigenvalue weighted by molar-refractivity contribution is -0.115. The largest absolute Gasteiger partial charge is 0.398 e. The summed E-state index contributed by atoms with van der Waals surface area (Å²) in [5, 5.41) is 0. The summed E-state index contributed by atoms with van der Waals surface area (Å²) in [6.45, 7) is 13.4. The minimum Gasteiger partial charge on any atom is -0.398 e. The molecule has 1 aromatic heterocycles. The molecule has 1 aliphatic heterocycles. The van der Waals surface area contributed by atoms with Crippen LogP contribution in [0.25, 0.3) is 17.3 Å². The Kier molecular flexibility index (Phi) is 8.22. The molecular weight excluding hydrogens is 484 g/mol. The van der Waals surface area contributed by atoms with Gasteiger partial charge in [-0.1, -0.05) is 42.5 Å². The lowest BCUT2D eigenvalue weighted by atomic mass is 9.83. The highest BCUT2D eigenvalue weighted by atomic mass is 16.5. The molecule has 3 aliphatic rings. The van der Waals surface area contributed by atoms with Gasteiger partial charge in [-0.25, -0.2) is 9.98 Å². The highest BCUT2D eigenvalue weighted by Crippen LogP contribution is 2.42. The maximum atomic E-state index is 13.4. The molecule has 5 rings (SSSR count). The molecule has 6 heteroatoms. The zero-order chi connectivity index (χ0) is 27.4. The maximum Gasteiger partial charge on any atom is 0.163 e. The number of benzene rings is 1. The van der Waals surface area contributed by atoms with Crippen LogP contribution in [-0.2, 0) is 9.53 Å². The number of aliphatic imine (C=N–C) groups is 1. The maximum absolute atomic E-state index is 13.4. The average molecular weight is 523 g/mol. The number of aryl methyl sites for hydroxylation is 1. The third-order valence-corrected chi connectivity index (χ3v) is 7.98. The zero-order valence-electron chi connectivity index (χ0n) is 22.9. The summed E-state index contributed by atoms with van der Waals surface area (Å²) in [4.78, 5) is 25.1. The van der Waals surface area contributed by atoms with E-state index < -0.39 is 0 Å². The van der Waals surface area contributed by atoms with E-state index in [1.165, 1.54) is 5.57 Å². The molecule has 202 valence electrons. The van der Waals surface area contributed by atoms with E-state index in [9.17, 15) is 4.79 Å². The Morgan fingerprint density at radius 2 is 1.97 bits per heavy atom. The van der Waals surface area contributed by atoms with Crippen LogP contribution >= 0.6 is 0 Å². The molecule has 2 aliphatic carbocycles. The van der Waals surface area contributed by atoms with E-state index in [1.807, 2.05) is 43.3 Å². The van der Waals surface area contributed by atoms with Gasteiger partial charge in [0, 0.05) is 48.6 Å². The molecule has 0 amide bonds. The van der Waals surface area contributed by atoms with Crippen LogP contribution in [0.2, 0.25) is 0 Å². The monoisotopic (exact) mass is 522 g/mol. The van der Waals surface area contributed by atoms with E-state index in [1.54, 1.807) is 12.3 Å². The molecule has 2 fully saturated rings. The highest BCUT2D eigenvalue weighted by Gasteiger charge is 2.29. The number of allylic oxidation sites excluding steroid dienone is 4. The Labute approximate surface area is 231 Å². The van der Waals surface area contributed by atoms with Gasteiger partial charge in [-0.2, -0.15) is 0 Å². The molecule has 0 unspecified atom stereocenters. The summed E-state index contributed by atoms with van der Waals surface area (Å²) in [5.41, 5.74) is 14.5. The first-order valence-electron chi connectivity index (χ1n) is 13.9. The van der Waals surface area contributed by atoms with Crippen molar-refractivity contribution in [3.05, 3.63) is 83.1 Å². The van der Waals surface area contributed by atoms with Gasteiger partial charge in [-0.3, -0.25) is 4.79 Å². The number of nitrogens with zero attached hydrogens (tertiary/aromatic N) is 3. The standard InChI is InChI=1S/C33H38N4O2/c1-22-7-9-25(10-8-22)11-12-31(38)27-20-29-33(24(27)3)30(37-15-17-39-18-16-37)21-32(36-29)35-14-13-28(34)26-6-4-5-23(2)19-26/h4-6,13-14,19-21,25H,1,3,7-12,15-18,34H2,2H3/b28-13-,35-14?. The lowest BCUT2D eigenvalue weighted by Gasteiger charge is -2.31. The number of rotatable bonds is 8. The topological polar surface area (TPSA) is 80.8 Å². The molecule has 1 aromatic carbocycles. The van der Waals surface area contributed by atoms with E-state index in [2.05, 4.69) is 23.1 Å². The first kappa shape index (κ1) is 26.8. The summed E-state index contributed by atoms with van der Waals surface area (Å²) >= 11 is 0. The number of ether oxygens (including phenoxy) is 1. The van der Waals surface area contributed by atoms with Gasteiger partial charge >= 0.3 is 0 Å². The number of carbonyl (C=O) groups excluding carboxylic acids is 1. The number of pyridine rings is 1. The fourth-order valence-corrected chi connectivity index (χ4v) is 5.64. The van der Waals surface area contributed by atoms with Gasteiger partial charge in [0.1, 0.15) is 0 Å². The number of nitrogens with two attached hydrogens (primary N) is 1. The fraction of sp³-hybridized carbons (Fsp3) is 0.364. The van der Waals surface area contributed by atoms with E-state index in [-0.39, 0.29) is 5.78 Å². The van der Waals surface area contributed by atoms with Crippen molar-refractivity contribution in [1.29, 1.82) is 0 Å². The van der Waals surface area contributed by atoms with Gasteiger partial charge in [-0.15, -0.1) is 0 Å². The third-order valence-electron chi connectivity index (χ3n) is 7.98. The van der Waals surface area contributed by atoms with Crippen molar-refractivity contribution in [2.75, 3.05) is 31.2 Å². The second kappa shape index (κ2) is 12.0. The molecule has 0 radical (unpaired) electrons. The number of carbonyl (C=O) groups is 1. The van der Waals surface area contributed by atoms with E-state index in [0.717, 1.165) is 78.8 Å². The van der Waals surface area contributed by atoms with Gasteiger partial charge in [0.2, 0.25) is 0 Å². The Morgan fingerprint density at radius 1 is 1.21 bits per heavy atom. The Morgan fingerprint density at radius 3 is 2.72 bits per heavy atom. The molecule has 39 heavy (non-hydrogen) atoms. The van der Waals surface area contributed by atoms with Gasteiger partial charge in [0.05, 0.1) is 24.6 Å². The number of Topliss-reactive ketones (excluding diaryl/α,β-unsaturated/α-hetero) is 1. The fourth-order valence-electron chi connectivity index (χ4n) is 5.64. The summed E-state index contributed by atoms with van der Waals surface area (Å²) in [6.07, 6.45) is 11.3. The van der Waals surface area contributed by atoms with Crippen LogP contribution in [0.5, 0.6) is 0 Å². The van der Waals surface area contributed by atoms with Crippen molar-refractivity contribution in [2.45, 2.75) is 45.4 Å². The smallest absolute Gasteiger partial charge is 0.163 e. The van der Waals surface area contributed by atoms with E-state index in [0.29, 0.717) is 42.6 Å². The Bertz CT molecular complexity index is 1370. The molecule has 2 N–H and O–H groups in total. The summed E-state index contributed by atoms with van der Waals surface area (Å²) in [7, 11) is 0. The van der Waals surface area contributed by atoms with Crippen molar-refractivity contribution < 1.29 is 9.53 Å². The first-order valence-corrected chi connectivity index (χ1v) is 13.9. The molecule has 1 saturated heterocycles. The molecule has 0 atom stereocenters. The van der Waals surface area contributed by atoms with Crippen LogP contribution in [0.4, 0.5) is 11.5 Å².